The van der Waals surface area contributed by atoms with Crippen LogP contribution in [0.25, 0.3) is 0 Å². The van der Waals surface area contributed by atoms with Gasteiger partial charge in [-0.1, -0.05) is 0 Å². The highest BCUT2D eigenvalue weighted by molar-refractivity contribution is 7.89. The number of anilines is 1. The molecule has 8 nitrogen and oxygen atoms in total. The van der Waals surface area contributed by atoms with Crippen LogP contribution >= 0.6 is 0 Å². The molecule has 0 aliphatic carbocycles. The molecule has 0 radical (unpaired) electrons. The zero-order chi connectivity index (χ0) is 17.2. The normalized spacial score (nSPS) is 19.2. The third kappa shape index (κ3) is 4.56. The van der Waals surface area contributed by atoms with Crippen molar-refractivity contribution < 1.29 is 22.1 Å². The average molecular weight is 350 g/mol. The molecule has 1 aliphatic rings. The van der Waals surface area contributed by atoms with E-state index in [9.17, 15) is 27.3 Å². The minimum atomic E-state index is -4.05. The zero-order valence-corrected chi connectivity index (χ0v) is 12.8. The van der Waals surface area contributed by atoms with Gasteiger partial charge in [-0.15, -0.1) is 0 Å². The Kier molecular flexibility index (Phi) is 5.12. The molecule has 1 heterocycles. The minimum absolute atomic E-state index is 0.131. The number of halogens is 2. The average Bonchev–Trinajstić information content (AvgIpc) is 2.84. The molecular formula is C12H16F2N4O4S. The number of benzene rings is 1. The number of nitrogens with one attached hydrogen (secondary N) is 1. The van der Waals surface area contributed by atoms with E-state index in [4.69, 9.17) is 5.14 Å². The summed E-state index contributed by atoms with van der Waals surface area (Å²) in [6, 6.07) is 3.07. The second kappa shape index (κ2) is 6.72. The number of likely N-dealkylation sites (tertiary alicyclic amines) is 1. The summed E-state index contributed by atoms with van der Waals surface area (Å²) in [5, 5.41) is 19.0. The van der Waals surface area contributed by atoms with Crippen LogP contribution in [0.1, 0.15) is 6.42 Å². The highest BCUT2D eigenvalue weighted by atomic mass is 32.2. The van der Waals surface area contributed by atoms with Gasteiger partial charge in [-0.25, -0.2) is 22.3 Å². The van der Waals surface area contributed by atoms with Gasteiger partial charge in [0.1, 0.15) is 5.69 Å². The first-order chi connectivity index (χ1) is 10.7. The lowest BCUT2D eigenvalue weighted by Crippen LogP contribution is -2.30. The van der Waals surface area contributed by atoms with Crippen LogP contribution in [0.15, 0.2) is 23.1 Å². The lowest BCUT2D eigenvalue weighted by atomic mass is 10.2. The van der Waals surface area contributed by atoms with Gasteiger partial charge in [0.25, 0.3) is 12.1 Å². The van der Waals surface area contributed by atoms with Crippen LogP contribution in [0, 0.1) is 10.1 Å². The SMILES string of the molecule is NS(=O)(=O)c1ccc(N[C@@H]2CCN(CC(F)F)C2)c([N+](=O)[O-])c1. The first-order valence-electron chi connectivity index (χ1n) is 6.75. The van der Waals surface area contributed by atoms with Gasteiger partial charge in [0, 0.05) is 25.2 Å². The number of nitro benzene ring substituents is 1. The Labute approximate surface area is 131 Å². The Balaban J connectivity index is 2.16. The van der Waals surface area contributed by atoms with E-state index < -0.39 is 27.1 Å². The number of rotatable bonds is 6. The van der Waals surface area contributed by atoms with Gasteiger partial charge < -0.3 is 5.32 Å². The number of nitro groups is 1. The van der Waals surface area contributed by atoms with E-state index in [2.05, 4.69) is 5.32 Å². The van der Waals surface area contributed by atoms with E-state index in [0.717, 1.165) is 12.1 Å². The van der Waals surface area contributed by atoms with Crippen molar-refractivity contribution in [3.05, 3.63) is 28.3 Å². The number of hydrogen-bond acceptors (Lipinski definition) is 6. The number of nitrogens with two attached hydrogens (primary N) is 1. The predicted octanol–water partition coefficient (Wildman–Crippen LogP) is 0.994. The van der Waals surface area contributed by atoms with Crippen LogP contribution in [0.4, 0.5) is 20.2 Å². The highest BCUT2D eigenvalue weighted by Gasteiger charge is 2.27. The molecule has 23 heavy (non-hydrogen) atoms. The molecule has 1 saturated heterocycles. The first-order valence-corrected chi connectivity index (χ1v) is 8.29. The first kappa shape index (κ1) is 17.5. The highest BCUT2D eigenvalue weighted by Crippen LogP contribution is 2.29. The molecule has 0 aromatic heterocycles. The molecular weight excluding hydrogens is 334 g/mol. The summed E-state index contributed by atoms with van der Waals surface area (Å²) >= 11 is 0. The molecule has 1 fully saturated rings. The van der Waals surface area contributed by atoms with Crippen LogP contribution in [-0.4, -0.2) is 50.3 Å². The van der Waals surface area contributed by atoms with Crippen molar-refractivity contribution in [2.24, 2.45) is 5.14 Å². The standard InChI is InChI=1S/C12H16F2N4O4S/c13-12(14)7-17-4-3-8(6-17)16-10-2-1-9(23(15,21)22)5-11(10)18(19)20/h1-2,5,8,12,16H,3-4,6-7H2,(H2,15,21,22)/t8-/m1/s1. The van der Waals surface area contributed by atoms with Crippen LogP contribution in [0.2, 0.25) is 0 Å². The molecule has 1 aromatic carbocycles. The Morgan fingerprint density at radius 3 is 2.74 bits per heavy atom. The molecule has 0 bridgehead atoms. The maximum atomic E-state index is 12.3. The van der Waals surface area contributed by atoms with Crippen molar-refractivity contribution >= 4 is 21.4 Å². The minimum Gasteiger partial charge on any atom is -0.375 e. The zero-order valence-electron chi connectivity index (χ0n) is 12.0. The number of alkyl halides is 2. The Hall–Kier alpha value is -1.85. The van der Waals surface area contributed by atoms with E-state index >= 15 is 0 Å². The Morgan fingerprint density at radius 2 is 2.17 bits per heavy atom. The van der Waals surface area contributed by atoms with E-state index in [1.807, 2.05) is 0 Å². The van der Waals surface area contributed by atoms with Gasteiger partial charge in [0.15, 0.2) is 0 Å². The molecule has 1 aliphatic heterocycles. The van der Waals surface area contributed by atoms with Crippen molar-refractivity contribution in [1.82, 2.24) is 4.90 Å². The predicted molar refractivity (Wildman–Crippen MR) is 78.9 cm³/mol. The maximum absolute atomic E-state index is 12.3. The number of primary sulfonamides is 1. The summed E-state index contributed by atoms with van der Waals surface area (Å²) in [4.78, 5) is 11.6. The van der Waals surface area contributed by atoms with Crippen molar-refractivity contribution in [2.75, 3.05) is 25.0 Å². The van der Waals surface area contributed by atoms with Crippen molar-refractivity contribution in [3.63, 3.8) is 0 Å². The number of hydrogen-bond donors (Lipinski definition) is 2. The van der Waals surface area contributed by atoms with Gasteiger partial charge >= 0.3 is 0 Å². The van der Waals surface area contributed by atoms with Crippen LogP contribution in [0.5, 0.6) is 0 Å². The molecule has 0 unspecified atom stereocenters. The molecule has 0 spiro atoms. The fourth-order valence-corrected chi connectivity index (χ4v) is 3.03. The summed E-state index contributed by atoms with van der Waals surface area (Å²) in [7, 11) is -4.05. The molecule has 1 atom stereocenters. The van der Waals surface area contributed by atoms with E-state index in [1.165, 1.54) is 6.07 Å². The Morgan fingerprint density at radius 1 is 1.48 bits per heavy atom. The fraction of sp³-hybridized carbons (Fsp3) is 0.500. The van der Waals surface area contributed by atoms with Crippen molar-refractivity contribution in [1.29, 1.82) is 0 Å². The smallest absolute Gasteiger partial charge is 0.293 e. The summed E-state index contributed by atoms with van der Waals surface area (Å²) in [5.41, 5.74) is -0.296. The number of nitrogens with zero attached hydrogens (tertiary/aromatic N) is 2. The second-order valence-corrected chi connectivity index (χ2v) is 6.82. The molecule has 2 rings (SSSR count). The largest absolute Gasteiger partial charge is 0.375 e. The quantitative estimate of drug-likeness (QED) is 0.583. The monoisotopic (exact) mass is 350 g/mol. The maximum Gasteiger partial charge on any atom is 0.293 e. The number of sulfonamides is 1. The summed E-state index contributed by atoms with van der Waals surface area (Å²) in [6.45, 7) is 0.453. The summed E-state index contributed by atoms with van der Waals surface area (Å²) in [6.07, 6.45) is -1.88. The van der Waals surface area contributed by atoms with Crippen molar-refractivity contribution in [3.8, 4) is 0 Å². The summed E-state index contributed by atoms with van der Waals surface area (Å²) in [5.74, 6) is 0. The third-order valence-corrected chi connectivity index (χ3v) is 4.43. The topological polar surface area (TPSA) is 119 Å². The van der Waals surface area contributed by atoms with E-state index in [1.54, 1.807) is 4.90 Å². The third-order valence-electron chi connectivity index (χ3n) is 3.52. The van der Waals surface area contributed by atoms with Gasteiger partial charge in [0.2, 0.25) is 10.0 Å². The second-order valence-electron chi connectivity index (χ2n) is 5.26. The molecule has 11 heteroatoms. The molecule has 1 aromatic rings. The van der Waals surface area contributed by atoms with E-state index in [0.29, 0.717) is 19.5 Å². The molecule has 0 saturated carbocycles. The van der Waals surface area contributed by atoms with Gasteiger partial charge in [-0.3, -0.25) is 15.0 Å². The van der Waals surface area contributed by atoms with Crippen molar-refractivity contribution in [2.45, 2.75) is 23.8 Å². The fourth-order valence-electron chi connectivity index (χ4n) is 2.49. The molecule has 0 amide bonds. The van der Waals surface area contributed by atoms with Crippen LogP contribution in [0.3, 0.4) is 0 Å². The lowest BCUT2D eigenvalue weighted by molar-refractivity contribution is -0.384. The van der Waals surface area contributed by atoms with Crippen LogP contribution < -0.4 is 10.5 Å². The van der Waals surface area contributed by atoms with Gasteiger partial charge in [-0.2, -0.15) is 0 Å². The lowest BCUT2D eigenvalue weighted by Gasteiger charge is -2.17. The Bertz CT molecular complexity index is 698. The van der Waals surface area contributed by atoms with Gasteiger partial charge in [-0.05, 0) is 18.6 Å². The van der Waals surface area contributed by atoms with Gasteiger partial charge in [0.05, 0.1) is 16.4 Å². The van der Waals surface area contributed by atoms with E-state index in [-0.39, 0.29) is 23.2 Å². The molecule has 128 valence electrons. The summed E-state index contributed by atoms with van der Waals surface area (Å²) < 4.78 is 47.2. The van der Waals surface area contributed by atoms with Crippen LogP contribution in [-0.2, 0) is 10.0 Å². The molecule has 3 N–H and O–H groups in total.